The number of unbranched alkanes of at least 4 members (excludes halogenated alkanes) is 3. The number of carbonyl (C=O) groups is 6. The van der Waals surface area contributed by atoms with Crippen molar-refractivity contribution in [2.75, 3.05) is 19.8 Å². The Labute approximate surface area is 350 Å². The first-order valence-corrected chi connectivity index (χ1v) is 33.4. The molecule has 15 nitrogen and oxygen atoms in total. The molecular formula is C39H76O15Si4. The van der Waals surface area contributed by atoms with Crippen LogP contribution in [-0.4, -0.2) is 108 Å². The van der Waals surface area contributed by atoms with Crippen molar-refractivity contribution in [1.29, 1.82) is 0 Å². The van der Waals surface area contributed by atoms with Crippen LogP contribution < -0.4 is 0 Å². The second-order valence-electron chi connectivity index (χ2n) is 17.1. The predicted molar refractivity (Wildman–Crippen MR) is 230 cm³/mol. The van der Waals surface area contributed by atoms with E-state index in [2.05, 4.69) is 26.2 Å². The molecular weight excluding hydrogens is 821 g/mol. The number of aliphatic carboxylic acids is 3. The summed E-state index contributed by atoms with van der Waals surface area (Å²) >= 11 is 0. The lowest BCUT2D eigenvalue weighted by Crippen LogP contribution is -2.64. The fraction of sp³-hybridized carbons (Fsp3) is 0.846. The molecule has 338 valence electrons. The summed E-state index contributed by atoms with van der Waals surface area (Å²) in [4.78, 5) is 85.4. The van der Waals surface area contributed by atoms with E-state index < -0.39 is 99.0 Å². The molecule has 6 atom stereocenters. The number of carbonyl (C=O) groups excluding carboxylic acids is 3. The summed E-state index contributed by atoms with van der Waals surface area (Å²) in [5.41, 5.74) is 0. The third-order valence-corrected chi connectivity index (χ3v) is 35.8. The van der Waals surface area contributed by atoms with Gasteiger partial charge in [0.15, 0.2) is 7.83 Å². The lowest BCUT2D eigenvalue weighted by molar-refractivity contribution is -0.153. The van der Waals surface area contributed by atoms with E-state index in [-0.39, 0.29) is 45.1 Å². The van der Waals surface area contributed by atoms with Crippen molar-refractivity contribution in [3.8, 4) is 0 Å². The third kappa shape index (κ3) is 24.0. The zero-order chi connectivity index (χ0) is 44.6. The minimum atomic E-state index is -3.55. The first-order chi connectivity index (χ1) is 26.9. The number of hydrogen-bond donors (Lipinski definition) is 4. The average Bonchev–Trinajstić information content (AvgIpc) is 3.09. The molecule has 0 aromatic carbocycles. The smallest absolute Gasteiger partial charge is 0.323 e. The minimum Gasteiger partial charge on any atom is -0.481 e. The van der Waals surface area contributed by atoms with Crippen LogP contribution in [-0.2, 0) is 51.2 Å². The maximum absolute atomic E-state index is 12.9. The van der Waals surface area contributed by atoms with Gasteiger partial charge in [-0.05, 0) is 76.3 Å². The molecule has 0 radical (unpaired) electrons. The van der Waals surface area contributed by atoms with Crippen LogP contribution in [0.1, 0.15) is 117 Å². The van der Waals surface area contributed by atoms with Gasteiger partial charge in [0, 0.05) is 0 Å². The Bertz CT molecular complexity index is 1280. The van der Waals surface area contributed by atoms with Gasteiger partial charge in [-0.15, -0.1) is 0 Å². The summed E-state index contributed by atoms with van der Waals surface area (Å²) in [5.74, 6) is -7.57. The number of ether oxygens (including phenoxy) is 3. The van der Waals surface area contributed by atoms with E-state index in [0.717, 1.165) is 19.3 Å². The highest BCUT2D eigenvalue weighted by Gasteiger charge is 2.51. The first kappa shape index (κ1) is 55.6. The van der Waals surface area contributed by atoms with Crippen molar-refractivity contribution in [2.45, 2.75) is 174 Å². The second-order valence-corrected chi connectivity index (χ2v) is 39.5. The van der Waals surface area contributed by atoms with Crippen LogP contribution in [0, 0.1) is 17.8 Å². The van der Waals surface area contributed by atoms with Crippen molar-refractivity contribution in [2.24, 2.45) is 17.8 Å². The Balaban J connectivity index is 6.46. The highest BCUT2D eigenvalue weighted by molar-refractivity contribution is 7.39. The van der Waals surface area contributed by atoms with E-state index in [0.29, 0.717) is 57.0 Å². The Kier molecular flexibility index (Phi) is 27.0. The molecule has 4 N–H and O–H groups in total. The number of rotatable bonds is 35. The van der Waals surface area contributed by atoms with Crippen LogP contribution in [0.3, 0.4) is 0 Å². The molecule has 0 bridgehead atoms. The van der Waals surface area contributed by atoms with Gasteiger partial charge < -0.3 is 42.6 Å². The number of carboxylic acid groups (broad SMARTS) is 3. The maximum atomic E-state index is 12.9. The summed E-state index contributed by atoms with van der Waals surface area (Å²) in [7, 11) is -11.8. The Hall–Kier alpha value is -2.43. The van der Waals surface area contributed by atoms with Gasteiger partial charge in [0.1, 0.15) is 0 Å². The van der Waals surface area contributed by atoms with E-state index in [4.69, 9.17) is 22.4 Å². The molecule has 0 rings (SSSR count). The lowest BCUT2D eigenvalue weighted by Gasteiger charge is -2.46. The molecule has 0 aliphatic carbocycles. The van der Waals surface area contributed by atoms with E-state index in [1.165, 1.54) is 0 Å². The largest absolute Gasteiger partial charge is 0.481 e. The molecule has 0 aliphatic rings. The first-order valence-electron chi connectivity index (χ1n) is 21.2. The van der Waals surface area contributed by atoms with Crippen LogP contribution in [0.4, 0.5) is 0 Å². The molecule has 19 heteroatoms. The fourth-order valence-corrected chi connectivity index (χ4v) is 28.3. The topological polar surface area (TPSA) is 229 Å². The van der Waals surface area contributed by atoms with Crippen molar-refractivity contribution >= 4 is 68.4 Å². The van der Waals surface area contributed by atoms with Gasteiger partial charge in [0.05, 0.1) is 64.4 Å². The number of carboxylic acids is 3. The lowest BCUT2D eigenvalue weighted by atomic mass is 10.0. The number of esters is 3. The van der Waals surface area contributed by atoms with E-state index in [1.54, 1.807) is 6.55 Å². The molecule has 0 spiro atoms. The molecule has 0 aromatic rings. The van der Waals surface area contributed by atoms with E-state index >= 15 is 0 Å². The Morgan fingerprint density at radius 3 is 1.12 bits per heavy atom. The maximum Gasteiger partial charge on any atom is 0.323 e. The van der Waals surface area contributed by atoms with Gasteiger partial charge >= 0.3 is 52.9 Å². The SMILES string of the molecule is CCCCOC(=O)C(CCC[Si](C)(O)O[Si](C)(CCCC(CC(=O)O)C(=O)OCCCC)O[Si](C)(CCCC(CC(=O)O)C(=O)OCCCC)[Si](C)(C)C)CC(=O)O. The Morgan fingerprint density at radius 2 is 0.810 bits per heavy atom. The molecule has 6 unspecified atom stereocenters. The summed E-state index contributed by atoms with van der Waals surface area (Å²) in [6.45, 7) is 18.7. The molecule has 0 aliphatic heterocycles. The highest BCUT2D eigenvalue weighted by atomic mass is 29.3. The summed E-state index contributed by atoms with van der Waals surface area (Å²) < 4.78 is 30.1. The normalized spacial score (nSPS) is 16.4. The minimum absolute atomic E-state index is 0.180. The molecule has 0 saturated carbocycles. The zero-order valence-corrected chi connectivity index (χ0v) is 40.9. The van der Waals surface area contributed by atoms with Crippen molar-refractivity contribution in [3.05, 3.63) is 0 Å². The standard InChI is InChI=1S/C39H76O15Si4/c1-10-13-22-50-37(46)31(28-34(40)41)19-16-25-56(7,49)53-57(8,26-17-20-32(29-35(42)43)38(47)51-23-14-11-2)54-58(9,55(4,5)6)27-18-21-33(30-36(44)45)39(48)52-24-15-12-3/h31-33,49H,10-30H2,1-9H3,(H,40,41)(H,42,43)(H,44,45). The summed E-state index contributed by atoms with van der Waals surface area (Å²) in [5, 5.41) is 28.6. The molecule has 0 amide bonds. The molecule has 0 fully saturated rings. The zero-order valence-electron chi connectivity index (χ0n) is 36.9. The summed E-state index contributed by atoms with van der Waals surface area (Å²) in [6.07, 6.45) is 5.18. The van der Waals surface area contributed by atoms with Gasteiger partial charge in [-0.25, -0.2) is 0 Å². The van der Waals surface area contributed by atoms with Crippen LogP contribution in [0.2, 0.25) is 57.4 Å². The van der Waals surface area contributed by atoms with Gasteiger partial charge in [-0.1, -0.05) is 78.9 Å². The average molecular weight is 897 g/mol. The monoisotopic (exact) mass is 896 g/mol. The van der Waals surface area contributed by atoms with Gasteiger partial charge in [0.25, 0.3) is 0 Å². The molecule has 0 aromatic heterocycles. The number of hydrogen-bond acceptors (Lipinski definition) is 12. The van der Waals surface area contributed by atoms with Crippen LogP contribution in [0.25, 0.3) is 0 Å². The van der Waals surface area contributed by atoms with Crippen molar-refractivity contribution < 1.29 is 71.3 Å². The molecule has 0 saturated heterocycles. The van der Waals surface area contributed by atoms with Gasteiger partial charge in [0.2, 0.25) is 0 Å². The molecule has 58 heavy (non-hydrogen) atoms. The second kappa shape index (κ2) is 28.2. The van der Waals surface area contributed by atoms with E-state index in [9.17, 15) is 48.9 Å². The van der Waals surface area contributed by atoms with Crippen LogP contribution >= 0.6 is 0 Å². The highest BCUT2D eigenvalue weighted by Crippen LogP contribution is 2.36. The third-order valence-electron chi connectivity index (χ3n) is 10.5. The van der Waals surface area contributed by atoms with Gasteiger partial charge in [-0.2, -0.15) is 0 Å². The van der Waals surface area contributed by atoms with Crippen molar-refractivity contribution in [3.63, 3.8) is 0 Å². The fourth-order valence-electron chi connectivity index (χ4n) is 6.57. The van der Waals surface area contributed by atoms with Gasteiger partial charge in [-0.3, -0.25) is 28.8 Å². The van der Waals surface area contributed by atoms with Crippen LogP contribution in [0.5, 0.6) is 0 Å². The van der Waals surface area contributed by atoms with Crippen LogP contribution in [0.15, 0.2) is 0 Å². The van der Waals surface area contributed by atoms with Crippen molar-refractivity contribution in [1.82, 2.24) is 0 Å². The Morgan fingerprint density at radius 1 is 0.483 bits per heavy atom. The summed E-state index contributed by atoms with van der Waals surface area (Å²) in [6, 6.07) is 1.11. The van der Waals surface area contributed by atoms with E-state index in [1.807, 2.05) is 27.3 Å². The quantitative estimate of drug-likeness (QED) is 0.0206. The molecule has 0 heterocycles. The predicted octanol–water partition coefficient (Wildman–Crippen LogP) is 7.79.